The zero-order chi connectivity index (χ0) is 14.0. The standard InChI is InChI=1S/C8H18O5.C6H12/c9-1-3-11-5-7-13-8-6-12-4-2-10;1-2-4-6-5-3-1/h9-10H,1-8H2;1-6H2. The summed E-state index contributed by atoms with van der Waals surface area (Å²) in [6.07, 6.45) is 9.00. The number of aliphatic hydroxyl groups is 2. The highest BCUT2D eigenvalue weighted by Crippen LogP contribution is 2.15. The van der Waals surface area contributed by atoms with Gasteiger partial charge in [-0.15, -0.1) is 0 Å². The molecule has 116 valence electrons. The normalized spacial score (nSPS) is 14.8. The first-order chi connectivity index (χ1) is 9.41. The third kappa shape index (κ3) is 17.8. The molecule has 0 spiro atoms. The molecule has 0 bridgehead atoms. The fourth-order valence-corrected chi connectivity index (χ4v) is 1.73. The molecular formula is C14H30O5. The van der Waals surface area contributed by atoms with Crippen LogP contribution in [0.1, 0.15) is 38.5 Å². The Morgan fingerprint density at radius 3 is 1.00 bits per heavy atom. The minimum Gasteiger partial charge on any atom is -0.394 e. The van der Waals surface area contributed by atoms with E-state index in [0.29, 0.717) is 39.6 Å². The lowest BCUT2D eigenvalue weighted by Crippen LogP contribution is -2.11. The summed E-state index contributed by atoms with van der Waals surface area (Å²) in [5.41, 5.74) is 0. The van der Waals surface area contributed by atoms with Crippen molar-refractivity contribution in [3.63, 3.8) is 0 Å². The van der Waals surface area contributed by atoms with E-state index in [0.717, 1.165) is 0 Å². The van der Waals surface area contributed by atoms with Crippen LogP contribution in [0, 0.1) is 0 Å². The first-order valence-corrected chi connectivity index (χ1v) is 7.36. The predicted octanol–water partition coefficient (Wildman–Crippen LogP) is 1.36. The van der Waals surface area contributed by atoms with Crippen molar-refractivity contribution in [2.75, 3.05) is 52.9 Å². The van der Waals surface area contributed by atoms with Gasteiger partial charge in [-0.25, -0.2) is 0 Å². The van der Waals surface area contributed by atoms with Gasteiger partial charge >= 0.3 is 0 Å². The molecule has 0 unspecified atom stereocenters. The van der Waals surface area contributed by atoms with Gasteiger partial charge in [0.15, 0.2) is 0 Å². The maximum absolute atomic E-state index is 8.36. The van der Waals surface area contributed by atoms with E-state index in [2.05, 4.69) is 0 Å². The van der Waals surface area contributed by atoms with Crippen LogP contribution in [-0.4, -0.2) is 63.1 Å². The van der Waals surface area contributed by atoms with E-state index < -0.39 is 0 Å². The molecule has 1 saturated carbocycles. The Morgan fingerprint density at radius 1 is 0.474 bits per heavy atom. The van der Waals surface area contributed by atoms with Crippen LogP contribution in [0.2, 0.25) is 0 Å². The lowest BCUT2D eigenvalue weighted by Gasteiger charge is -2.05. The molecule has 1 rings (SSSR count). The first kappa shape index (κ1) is 18.8. The van der Waals surface area contributed by atoms with E-state index in [1.165, 1.54) is 38.5 Å². The zero-order valence-electron chi connectivity index (χ0n) is 12.0. The van der Waals surface area contributed by atoms with Crippen molar-refractivity contribution >= 4 is 0 Å². The summed E-state index contributed by atoms with van der Waals surface area (Å²) in [4.78, 5) is 0. The van der Waals surface area contributed by atoms with E-state index >= 15 is 0 Å². The number of hydrogen-bond donors (Lipinski definition) is 2. The minimum absolute atomic E-state index is 0.0413. The van der Waals surface area contributed by atoms with Crippen molar-refractivity contribution in [1.29, 1.82) is 0 Å². The second kappa shape index (κ2) is 17.8. The monoisotopic (exact) mass is 278 g/mol. The van der Waals surface area contributed by atoms with Crippen LogP contribution in [0.4, 0.5) is 0 Å². The van der Waals surface area contributed by atoms with Gasteiger partial charge < -0.3 is 24.4 Å². The molecule has 0 aliphatic heterocycles. The third-order valence-corrected chi connectivity index (χ3v) is 2.72. The second-order valence-corrected chi connectivity index (χ2v) is 4.41. The highest BCUT2D eigenvalue weighted by Gasteiger charge is 1.95. The van der Waals surface area contributed by atoms with Crippen molar-refractivity contribution < 1.29 is 24.4 Å². The highest BCUT2D eigenvalue weighted by molar-refractivity contribution is 4.51. The first-order valence-electron chi connectivity index (χ1n) is 7.36. The molecule has 2 N–H and O–H groups in total. The molecule has 0 aromatic rings. The van der Waals surface area contributed by atoms with Crippen molar-refractivity contribution in [2.24, 2.45) is 0 Å². The topological polar surface area (TPSA) is 68.2 Å². The third-order valence-electron chi connectivity index (χ3n) is 2.72. The largest absolute Gasteiger partial charge is 0.394 e. The van der Waals surface area contributed by atoms with Gasteiger partial charge in [-0.1, -0.05) is 38.5 Å². The lowest BCUT2D eigenvalue weighted by atomic mass is 10.0. The summed E-state index contributed by atoms with van der Waals surface area (Å²) < 4.78 is 15.0. The summed E-state index contributed by atoms with van der Waals surface area (Å²) in [7, 11) is 0. The summed E-state index contributed by atoms with van der Waals surface area (Å²) in [5, 5.41) is 16.7. The average molecular weight is 278 g/mol. The zero-order valence-corrected chi connectivity index (χ0v) is 12.0. The number of hydrogen-bond acceptors (Lipinski definition) is 5. The van der Waals surface area contributed by atoms with E-state index in [-0.39, 0.29) is 13.2 Å². The van der Waals surface area contributed by atoms with Crippen LogP contribution < -0.4 is 0 Å². The fourth-order valence-electron chi connectivity index (χ4n) is 1.73. The van der Waals surface area contributed by atoms with Gasteiger partial charge in [0.25, 0.3) is 0 Å². The molecular weight excluding hydrogens is 248 g/mol. The van der Waals surface area contributed by atoms with E-state index in [1.807, 2.05) is 0 Å². The molecule has 1 aliphatic rings. The number of aliphatic hydroxyl groups excluding tert-OH is 2. The average Bonchev–Trinajstić information content (AvgIpc) is 2.48. The highest BCUT2D eigenvalue weighted by atomic mass is 16.5. The van der Waals surface area contributed by atoms with Gasteiger partial charge in [0.05, 0.1) is 52.9 Å². The minimum atomic E-state index is 0.0413. The Labute approximate surface area is 116 Å². The fraction of sp³-hybridized carbons (Fsp3) is 1.00. The molecule has 0 atom stereocenters. The molecule has 0 radical (unpaired) electrons. The molecule has 0 aromatic heterocycles. The lowest BCUT2D eigenvalue weighted by molar-refractivity contribution is 0.00230. The maximum atomic E-state index is 8.36. The van der Waals surface area contributed by atoms with Gasteiger partial charge in [-0.3, -0.25) is 0 Å². The summed E-state index contributed by atoms with van der Waals surface area (Å²) in [5.74, 6) is 0. The second-order valence-electron chi connectivity index (χ2n) is 4.41. The molecule has 0 amide bonds. The molecule has 0 heterocycles. The Morgan fingerprint density at radius 2 is 0.737 bits per heavy atom. The van der Waals surface area contributed by atoms with Crippen molar-refractivity contribution in [3.8, 4) is 0 Å². The van der Waals surface area contributed by atoms with Crippen LogP contribution in [-0.2, 0) is 14.2 Å². The quantitative estimate of drug-likeness (QED) is 0.591. The van der Waals surface area contributed by atoms with Crippen LogP contribution >= 0.6 is 0 Å². The molecule has 5 heteroatoms. The summed E-state index contributed by atoms with van der Waals surface area (Å²) in [6.45, 7) is 2.76. The SMILES string of the molecule is C1CCCCC1.OCCOCCOCCOCCO. The van der Waals surface area contributed by atoms with Gasteiger partial charge in [0, 0.05) is 0 Å². The molecule has 19 heavy (non-hydrogen) atoms. The van der Waals surface area contributed by atoms with Crippen LogP contribution in [0.5, 0.6) is 0 Å². The molecule has 5 nitrogen and oxygen atoms in total. The number of rotatable bonds is 10. The van der Waals surface area contributed by atoms with E-state index in [9.17, 15) is 0 Å². The smallest absolute Gasteiger partial charge is 0.0701 e. The molecule has 1 fully saturated rings. The summed E-state index contributed by atoms with van der Waals surface area (Å²) in [6, 6.07) is 0. The number of ether oxygens (including phenoxy) is 3. The Balaban J connectivity index is 0.000000443. The predicted molar refractivity (Wildman–Crippen MR) is 74.3 cm³/mol. The summed E-state index contributed by atoms with van der Waals surface area (Å²) >= 11 is 0. The van der Waals surface area contributed by atoms with E-state index in [4.69, 9.17) is 24.4 Å². The Bertz CT molecular complexity index is 129. The molecule has 0 saturated heterocycles. The van der Waals surface area contributed by atoms with Gasteiger partial charge in [0.1, 0.15) is 0 Å². The maximum Gasteiger partial charge on any atom is 0.0701 e. The Kier molecular flexibility index (Phi) is 17.6. The van der Waals surface area contributed by atoms with Crippen LogP contribution in [0.15, 0.2) is 0 Å². The van der Waals surface area contributed by atoms with Crippen molar-refractivity contribution in [2.45, 2.75) is 38.5 Å². The Hall–Kier alpha value is -0.200. The van der Waals surface area contributed by atoms with Gasteiger partial charge in [-0.05, 0) is 0 Å². The van der Waals surface area contributed by atoms with Crippen molar-refractivity contribution in [1.82, 2.24) is 0 Å². The molecule has 1 aliphatic carbocycles. The van der Waals surface area contributed by atoms with E-state index in [1.54, 1.807) is 0 Å². The molecule has 0 aromatic carbocycles. The van der Waals surface area contributed by atoms with Crippen LogP contribution in [0.3, 0.4) is 0 Å². The van der Waals surface area contributed by atoms with Crippen LogP contribution in [0.25, 0.3) is 0 Å². The van der Waals surface area contributed by atoms with Gasteiger partial charge in [0.2, 0.25) is 0 Å². The van der Waals surface area contributed by atoms with Crippen molar-refractivity contribution in [3.05, 3.63) is 0 Å². The van der Waals surface area contributed by atoms with Gasteiger partial charge in [-0.2, -0.15) is 0 Å².